The van der Waals surface area contributed by atoms with E-state index in [0.29, 0.717) is 17.0 Å². The van der Waals surface area contributed by atoms with E-state index in [1.807, 2.05) is 0 Å². The van der Waals surface area contributed by atoms with Crippen molar-refractivity contribution in [2.45, 2.75) is 11.0 Å². The van der Waals surface area contributed by atoms with Crippen molar-refractivity contribution in [3.8, 4) is 5.75 Å². The Labute approximate surface area is 169 Å². The number of cyclic esters (lactones) is 1. The quantitative estimate of drug-likeness (QED) is 0.520. The predicted molar refractivity (Wildman–Crippen MR) is 108 cm³/mol. The normalized spacial score (nSPS) is 16.7. The van der Waals surface area contributed by atoms with Crippen LogP contribution in [0.5, 0.6) is 5.75 Å². The van der Waals surface area contributed by atoms with Crippen LogP contribution in [0.25, 0.3) is 0 Å². The Kier molecular flexibility index (Phi) is 5.76. The molecule has 0 aliphatic carbocycles. The molecule has 0 aromatic heterocycles. The Bertz CT molecular complexity index is 1020. The number of nitrogens with two attached hydrogens (primary N) is 1. The summed E-state index contributed by atoms with van der Waals surface area (Å²) in [5.74, 6) is 0.445. The minimum atomic E-state index is -3.75. The van der Waals surface area contributed by atoms with Gasteiger partial charge in [-0.2, -0.15) is 4.31 Å². The Morgan fingerprint density at radius 3 is 2.62 bits per heavy atom. The predicted octanol–water partition coefficient (Wildman–Crippen LogP) is 1.63. The number of carbonyl (C=O) groups excluding carboxylic acids is 1. The first-order chi connectivity index (χ1) is 13.7. The number of nitrogens with one attached hydrogen (secondary N) is 1. The van der Waals surface area contributed by atoms with Crippen LogP contribution in [0.2, 0.25) is 0 Å². The van der Waals surface area contributed by atoms with Crippen LogP contribution in [0.1, 0.15) is 5.56 Å². The summed E-state index contributed by atoms with van der Waals surface area (Å²) < 4.78 is 37.1. The molecule has 1 aliphatic rings. The van der Waals surface area contributed by atoms with Crippen molar-refractivity contribution in [3.63, 3.8) is 0 Å². The molecule has 3 rings (SSSR count). The van der Waals surface area contributed by atoms with Crippen LogP contribution in [0.3, 0.4) is 0 Å². The number of nitrogen functional groups attached to an aromatic ring is 1. The molecule has 0 saturated carbocycles. The molecule has 1 atom stereocenters. The van der Waals surface area contributed by atoms with Gasteiger partial charge in [0.05, 0.1) is 25.1 Å². The number of methoxy groups -OCH3 is 1. The van der Waals surface area contributed by atoms with Crippen LogP contribution in [0.15, 0.2) is 53.4 Å². The highest BCUT2D eigenvalue weighted by Crippen LogP contribution is 2.24. The van der Waals surface area contributed by atoms with Gasteiger partial charge in [-0.05, 0) is 36.4 Å². The number of sulfonamides is 1. The van der Waals surface area contributed by atoms with Crippen LogP contribution in [0.4, 0.5) is 10.5 Å². The molecular formula is C19H22N4O5S. The fourth-order valence-electron chi connectivity index (χ4n) is 2.98. The number of amidine groups is 1. The molecule has 2 aromatic rings. The zero-order chi connectivity index (χ0) is 21.2. The summed E-state index contributed by atoms with van der Waals surface area (Å²) in [5.41, 5.74) is 6.52. The Balaban J connectivity index is 1.71. The molecule has 2 aromatic carbocycles. The van der Waals surface area contributed by atoms with E-state index in [0.717, 1.165) is 4.31 Å². The fraction of sp³-hybridized carbons (Fsp3) is 0.263. The molecular weight excluding hydrogens is 396 g/mol. The van der Waals surface area contributed by atoms with Gasteiger partial charge in [-0.15, -0.1) is 0 Å². The first-order valence-electron chi connectivity index (χ1n) is 8.75. The molecule has 1 fully saturated rings. The minimum Gasteiger partial charge on any atom is -0.497 e. The molecule has 0 bridgehead atoms. The number of nitrogens with zero attached hydrogens (tertiary/aromatic N) is 2. The highest BCUT2D eigenvalue weighted by Gasteiger charge is 2.35. The van der Waals surface area contributed by atoms with Gasteiger partial charge in [0.2, 0.25) is 10.0 Å². The zero-order valence-electron chi connectivity index (χ0n) is 16.0. The largest absolute Gasteiger partial charge is 0.497 e. The second-order valence-electron chi connectivity index (χ2n) is 6.54. The van der Waals surface area contributed by atoms with Gasteiger partial charge >= 0.3 is 6.09 Å². The van der Waals surface area contributed by atoms with Crippen LogP contribution in [0, 0.1) is 5.41 Å². The zero-order valence-corrected chi connectivity index (χ0v) is 16.8. The minimum absolute atomic E-state index is 0.00298. The van der Waals surface area contributed by atoms with Crippen molar-refractivity contribution in [1.82, 2.24) is 4.31 Å². The molecule has 3 N–H and O–H groups in total. The maximum absolute atomic E-state index is 12.8. The SMILES string of the molecule is COc1ccc(S(=O)(=O)N(C)CC2CN(c3cccc(C(=N)N)c3)C(=O)O2)cc1. The molecule has 1 saturated heterocycles. The van der Waals surface area contributed by atoms with Gasteiger partial charge in [-0.3, -0.25) is 10.3 Å². The standard InChI is InChI=1S/C19H22N4O5S/c1-22(29(25,26)17-8-6-15(27-2)7-9-17)11-16-12-23(19(24)28-16)14-5-3-4-13(10-14)18(20)21/h3-10,16H,11-12H2,1-2H3,(H3,20,21). The van der Waals surface area contributed by atoms with E-state index in [-0.39, 0.29) is 23.8 Å². The molecule has 1 amide bonds. The summed E-state index contributed by atoms with van der Waals surface area (Å²) >= 11 is 0. The Morgan fingerprint density at radius 1 is 1.31 bits per heavy atom. The summed E-state index contributed by atoms with van der Waals surface area (Å²) in [6, 6.07) is 12.7. The molecule has 10 heteroatoms. The number of benzene rings is 2. The smallest absolute Gasteiger partial charge is 0.414 e. The van der Waals surface area contributed by atoms with Gasteiger partial charge in [-0.1, -0.05) is 12.1 Å². The van der Waals surface area contributed by atoms with Crippen molar-refractivity contribution < 1.29 is 22.7 Å². The number of amides is 1. The topological polar surface area (TPSA) is 126 Å². The molecule has 0 radical (unpaired) electrons. The van der Waals surface area contributed by atoms with E-state index >= 15 is 0 Å². The van der Waals surface area contributed by atoms with E-state index in [1.165, 1.54) is 31.2 Å². The molecule has 154 valence electrons. The lowest BCUT2D eigenvalue weighted by Gasteiger charge is -2.20. The highest BCUT2D eigenvalue weighted by atomic mass is 32.2. The van der Waals surface area contributed by atoms with Gasteiger partial charge in [0.15, 0.2) is 0 Å². The van der Waals surface area contributed by atoms with Gasteiger partial charge in [-0.25, -0.2) is 13.2 Å². The van der Waals surface area contributed by atoms with Crippen molar-refractivity contribution in [3.05, 3.63) is 54.1 Å². The first-order valence-corrected chi connectivity index (χ1v) is 10.2. The number of carbonyl (C=O) groups is 1. The number of anilines is 1. The summed E-state index contributed by atoms with van der Waals surface area (Å²) in [6.07, 6.45) is -1.22. The van der Waals surface area contributed by atoms with E-state index in [4.69, 9.17) is 20.6 Å². The van der Waals surface area contributed by atoms with Crippen molar-refractivity contribution in [2.75, 3.05) is 32.1 Å². The Morgan fingerprint density at radius 2 is 2.00 bits per heavy atom. The lowest BCUT2D eigenvalue weighted by Crippen LogP contribution is -2.36. The third-order valence-electron chi connectivity index (χ3n) is 4.57. The summed E-state index contributed by atoms with van der Waals surface area (Å²) in [7, 11) is -0.807. The number of rotatable bonds is 7. The second kappa shape index (κ2) is 8.10. The second-order valence-corrected chi connectivity index (χ2v) is 8.59. The third-order valence-corrected chi connectivity index (χ3v) is 6.41. The van der Waals surface area contributed by atoms with E-state index in [1.54, 1.807) is 36.4 Å². The van der Waals surface area contributed by atoms with E-state index < -0.39 is 22.2 Å². The third kappa shape index (κ3) is 4.33. The molecule has 9 nitrogen and oxygen atoms in total. The average Bonchev–Trinajstić information content (AvgIpc) is 3.08. The molecule has 29 heavy (non-hydrogen) atoms. The number of likely N-dealkylation sites (N-methyl/N-ethyl adjacent to an activating group) is 1. The van der Waals surface area contributed by atoms with Crippen molar-refractivity contribution in [1.29, 1.82) is 5.41 Å². The number of ether oxygens (including phenoxy) is 2. The Hall–Kier alpha value is -3.11. The van der Waals surface area contributed by atoms with E-state index in [2.05, 4.69) is 0 Å². The lowest BCUT2D eigenvalue weighted by molar-refractivity contribution is 0.131. The van der Waals surface area contributed by atoms with Crippen LogP contribution in [-0.4, -0.2) is 58.0 Å². The molecule has 0 spiro atoms. The first kappa shape index (κ1) is 20.6. The number of hydrogen-bond donors (Lipinski definition) is 2. The van der Waals surface area contributed by atoms with Crippen LogP contribution >= 0.6 is 0 Å². The van der Waals surface area contributed by atoms with Crippen molar-refractivity contribution >= 4 is 27.6 Å². The van der Waals surface area contributed by atoms with Gasteiger partial charge in [0, 0.05) is 18.3 Å². The summed E-state index contributed by atoms with van der Waals surface area (Å²) in [6.45, 7) is 0.186. The van der Waals surface area contributed by atoms with E-state index in [9.17, 15) is 13.2 Å². The maximum Gasteiger partial charge on any atom is 0.414 e. The van der Waals surface area contributed by atoms with Crippen molar-refractivity contribution in [2.24, 2.45) is 5.73 Å². The summed E-state index contributed by atoms with van der Waals surface area (Å²) in [5, 5.41) is 7.52. The average molecular weight is 418 g/mol. The number of hydrogen-bond acceptors (Lipinski definition) is 6. The van der Waals surface area contributed by atoms with Gasteiger partial charge in [0.1, 0.15) is 17.7 Å². The molecule has 1 aliphatic heterocycles. The molecule has 1 unspecified atom stereocenters. The van der Waals surface area contributed by atoms with Crippen LogP contribution < -0.4 is 15.4 Å². The van der Waals surface area contributed by atoms with Crippen LogP contribution in [-0.2, 0) is 14.8 Å². The highest BCUT2D eigenvalue weighted by molar-refractivity contribution is 7.89. The van der Waals surface area contributed by atoms with Gasteiger partial charge < -0.3 is 15.2 Å². The lowest BCUT2D eigenvalue weighted by atomic mass is 10.1. The van der Waals surface area contributed by atoms with Gasteiger partial charge in [0.25, 0.3) is 0 Å². The maximum atomic E-state index is 12.8. The summed E-state index contributed by atoms with van der Waals surface area (Å²) in [4.78, 5) is 13.8. The fourth-order valence-corrected chi connectivity index (χ4v) is 4.18. The molecule has 1 heterocycles. The monoisotopic (exact) mass is 418 g/mol.